The molecule has 0 bridgehead atoms. The van der Waals surface area contributed by atoms with Gasteiger partial charge in [-0.2, -0.15) is 13.3 Å². The molecule has 0 saturated heterocycles. The van der Waals surface area contributed by atoms with E-state index in [0.717, 1.165) is 24.8 Å². The lowest BCUT2D eigenvalue weighted by Gasteiger charge is -2.16. The Morgan fingerprint density at radius 3 is 2.40 bits per heavy atom. The normalized spacial score (nSPS) is 11.8. The van der Waals surface area contributed by atoms with E-state index < -0.39 is 12.3 Å². The molecule has 162 valence electrons. The van der Waals surface area contributed by atoms with Gasteiger partial charge in [-0.05, 0) is 42.4 Å². The van der Waals surface area contributed by atoms with Crippen molar-refractivity contribution in [2.24, 2.45) is 5.92 Å². The molecule has 6 nitrogen and oxygen atoms in total. The SMILES string of the molecule is CC(CCc1cc[n+](CC(=O)N(C)C)cc1)Cc1ccccc1NNC(=O)C(F)F. The van der Waals surface area contributed by atoms with E-state index in [2.05, 4.69) is 12.3 Å². The zero-order valence-corrected chi connectivity index (χ0v) is 17.6. The maximum absolute atomic E-state index is 12.4. The number of anilines is 1. The molecule has 1 aromatic heterocycles. The Balaban J connectivity index is 1.87. The minimum Gasteiger partial charge on any atom is -0.343 e. The molecule has 1 aromatic carbocycles. The van der Waals surface area contributed by atoms with Gasteiger partial charge in [0.1, 0.15) is 0 Å². The molecule has 0 aliphatic rings. The lowest BCUT2D eigenvalue weighted by Crippen LogP contribution is -2.41. The van der Waals surface area contributed by atoms with Gasteiger partial charge < -0.3 is 4.90 Å². The fourth-order valence-electron chi connectivity index (χ4n) is 2.95. The second-order valence-corrected chi connectivity index (χ2v) is 7.59. The molecule has 0 fully saturated rings. The number of carbonyl (C=O) groups is 2. The van der Waals surface area contributed by atoms with Crippen molar-refractivity contribution in [2.45, 2.75) is 39.2 Å². The molecule has 0 aliphatic carbocycles. The minimum atomic E-state index is -3.06. The van der Waals surface area contributed by atoms with Crippen LogP contribution in [0.3, 0.4) is 0 Å². The van der Waals surface area contributed by atoms with Gasteiger partial charge in [0.15, 0.2) is 12.4 Å². The predicted molar refractivity (Wildman–Crippen MR) is 111 cm³/mol. The van der Waals surface area contributed by atoms with Crippen molar-refractivity contribution in [1.29, 1.82) is 0 Å². The van der Waals surface area contributed by atoms with Crippen LogP contribution in [-0.4, -0.2) is 37.2 Å². The summed E-state index contributed by atoms with van der Waals surface area (Å²) in [7, 11) is 3.47. The fraction of sp³-hybridized carbons (Fsp3) is 0.409. The Hall–Kier alpha value is -3.03. The van der Waals surface area contributed by atoms with Crippen LogP contribution in [0.1, 0.15) is 24.5 Å². The molecule has 8 heteroatoms. The number of amides is 2. The van der Waals surface area contributed by atoms with Crippen molar-refractivity contribution in [3.63, 3.8) is 0 Å². The smallest absolute Gasteiger partial charge is 0.317 e. The molecule has 0 radical (unpaired) electrons. The van der Waals surface area contributed by atoms with Gasteiger partial charge in [0.2, 0.25) is 6.54 Å². The molecule has 0 saturated carbocycles. The Morgan fingerprint density at radius 2 is 1.77 bits per heavy atom. The molecule has 2 amide bonds. The number of hydrogen-bond acceptors (Lipinski definition) is 3. The summed E-state index contributed by atoms with van der Waals surface area (Å²) in [6, 6.07) is 11.4. The van der Waals surface area contributed by atoms with Crippen LogP contribution in [0.5, 0.6) is 0 Å². The number of alkyl halides is 2. The van der Waals surface area contributed by atoms with Crippen molar-refractivity contribution >= 4 is 17.5 Å². The van der Waals surface area contributed by atoms with E-state index >= 15 is 0 Å². The molecular formula is C22H29F2N4O2+. The summed E-state index contributed by atoms with van der Waals surface area (Å²) in [6.45, 7) is 2.45. The monoisotopic (exact) mass is 419 g/mol. The van der Waals surface area contributed by atoms with E-state index in [1.54, 1.807) is 31.1 Å². The van der Waals surface area contributed by atoms with Crippen LogP contribution in [0.25, 0.3) is 0 Å². The van der Waals surface area contributed by atoms with Gasteiger partial charge in [0.05, 0.1) is 5.69 Å². The van der Waals surface area contributed by atoms with E-state index in [-0.39, 0.29) is 5.91 Å². The highest BCUT2D eigenvalue weighted by molar-refractivity contribution is 5.80. The third-order valence-electron chi connectivity index (χ3n) is 4.81. The van der Waals surface area contributed by atoms with Gasteiger partial charge >= 0.3 is 12.3 Å². The van der Waals surface area contributed by atoms with Crippen molar-refractivity contribution in [3.05, 3.63) is 59.9 Å². The molecule has 2 aromatic rings. The van der Waals surface area contributed by atoms with Crippen LogP contribution in [0.4, 0.5) is 14.5 Å². The van der Waals surface area contributed by atoms with Crippen LogP contribution in [-0.2, 0) is 29.0 Å². The van der Waals surface area contributed by atoms with Gasteiger partial charge in [-0.15, -0.1) is 0 Å². The minimum absolute atomic E-state index is 0.0402. The van der Waals surface area contributed by atoms with Crippen molar-refractivity contribution in [3.8, 4) is 0 Å². The second-order valence-electron chi connectivity index (χ2n) is 7.59. The zero-order chi connectivity index (χ0) is 22.1. The first-order valence-corrected chi connectivity index (χ1v) is 9.86. The molecule has 2 N–H and O–H groups in total. The molecule has 0 aliphatic heterocycles. The maximum Gasteiger partial charge on any atom is 0.317 e. The highest BCUT2D eigenvalue weighted by Crippen LogP contribution is 2.21. The van der Waals surface area contributed by atoms with Crippen LogP contribution in [0.15, 0.2) is 48.8 Å². The number of carbonyl (C=O) groups excluding carboxylic acids is 2. The van der Waals surface area contributed by atoms with E-state index in [9.17, 15) is 18.4 Å². The average molecular weight is 419 g/mol. The number of likely N-dealkylation sites (N-methyl/N-ethyl adjacent to an activating group) is 1. The average Bonchev–Trinajstić information content (AvgIpc) is 2.72. The molecule has 1 heterocycles. The highest BCUT2D eigenvalue weighted by Gasteiger charge is 2.15. The lowest BCUT2D eigenvalue weighted by atomic mass is 9.94. The number of rotatable bonds is 10. The summed E-state index contributed by atoms with van der Waals surface area (Å²) in [5.74, 6) is -0.966. The summed E-state index contributed by atoms with van der Waals surface area (Å²) < 4.78 is 26.6. The van der Waals surface area contributed by atoms with E-state index in [0.29, 0.717) is 18.2 Å². The van der Waals surface area contributed by atoms with E-state index in [1.165, 1.54) is 5.56 Å². The Bertz CT molecular complexity index is 841. The number of aryl methyl sites for hydroxylation is 1. The molecule has 30 heavy (non-hydrogen) atoms. The highest BCUT2D eigenvalue weighted by atomic mass is 19.3. The number of halogens is 2. The Kier molecular flexibility index (Phi) is 8.70. The molecule has 1 atom stereocenters. The number of benzene rings is 1. The van der Waals surface area contributed by atoms with Gasteiger partial charge in [0, 0.05) is 26.2 Å². The Labute approximate surface area is 175 Å². The zero-order valence-electron chi connectivity index (χ0n) is 17.6. The molecule has 1 unspecified atom stereocenters. The molecule has 0 spiro atoms. The van der Waals surface area contributed by atoms with Crippen LogP contribution >= 0.6 is 0 Å². The fourth-order valence-corrected chi connectivity index (χ4v) is 2.95. The molecular weight excluding hydrogens is 390 g/mol. The Morgan fingerprint density at radius 1 is 1.10 bits per heavy atom. The van der Waals surface area contributed by atoms with Crippen molar-refractivity contribution in [2.75, 3.05) is 19.5 Å². The van der Waals surface area contributed by atoms with Crippen LogP contribution in [0, 0.1) is 5.92 Å². The summed E-state index contributed by atoms with van der Waals surface area (Å²) >= 11 is 0. The number of hydrogen-bond donors (Lipinski definition) is 2. The third kappa shape index (κ3) is 7.42. The quantitative estimate of drug-likeness (QED) is 0.460. The first-order valence-electron chi connectivity index (χ1n) is 9.86. The van der Waals surface area contributed by atoms with Gasteiger partial charge in [-0.25, -0.2) is 0 Å². The topological polar surface area (TPSA) is 65.3 Å². The number of para-hydroxylation sites is 1. The summed E-state index contributed by atoms with van der Waals surface area (Å²) in [4.78, 5) is 24.4. The van der Waals surface area contributed by atoms with Gasteiger partial charge in [-0.3, -0.25) is 20.4 Å². The number of nitrogens with one attached hydrogen (secondary N) is 2. The van der Waals surface area contributed by atoms with Crippen LogP contribution < -0.4 is 15.4 Å². The van der Waals surface area contributed by atoms with E-state index in [1.807, 2.05) is 46.7 Å². The number of hydrazine groups is 1. The standard InChI is InChI=1S/C22H28F2N4O2/c1-16(8-9-17-10-12-28(13-11-17)15-20(29)27(2)3)14-18-6-4-5-7-19(18)25-26-22(30)21(23)24/h4-7,10-13,16,21,25H,8-9,14-15H2,1-3H3/p+1. The summed E-state index contributed by atoms with van der Waals surface area (Å²) in [5, 5.41) is 0. The van der Waals surface area contributed by atoms with Gasteiger partial charge in [0.25, 0.3) is 5.91 Å². The first kappa shape index (κ1) is 23.3. The summed E-state index contributed by atoms with van der Waals surface area (Å²) in [5.41, 5.74) is 7.37. The first-order chi connectivity index (χ1) is 14.3. The second kappa shape index (κ2) is 11.2. The largest absolute Gasteiger partial charge is 0.343 e. The van der Waals surface area contributed by atoms with Crippen LogP contribution in [0.2, 0.25) is 0 Å². The van der Waals surface area contributed by atoms with E-state index in [4.69, 9.17) is 0 Å². The number of nitrogens with zero attached hydrogens (tertiary/aromatic N) is 2. The lowest BCUT2D eigenvalue weighted by molar-refractivity contribution is -0.685. The third-order valence-corrected chi connectivity index (χ3v) is 4.81. The molecule has 2 rings (SSSR count). The number of aromatic nitrogens is 1. The number of pyridine rings is 1. The summed E-state index contributed by atoms with van der Waals surface area (Å²) in [6.07, 6.45) is 3.34. The maximum atomic E-state index is 12.4. The van der Waals surface area contributed by atoms with Crippen molar-refractivity contribution < 1.29 is 22.9 Å². The predicted octanol–water partition coefficient (Wildman–Crippen LogP) is 2.58. The van der Waals surface area contributed by atoms with Gasteiger partial charge in [-0.1, -0.05) is 25.1 Å². The van der Waals surface area contributed by atoms with Crippen molar-refractivity contribution in [1.82, 2.24) is 10.3 Å².